The number of benzene rings is 1. The molecule has 1 heteroatoms. The summed E-state index contributed by atoms with van der Waals surface area (Å²) >= 11 is 0. The van der Waals surface area contributed by atoms with Gasteiger partial charge in [-0.2, -0.15) is 0 Å². The van der Waals surface area contributed by atoms with Crippen molar-refractivity contribution in [2.45, 2.75) is 57.3 Å². The number of carbonyl (C=O) groups is 1. The van der Waals surface area contributed by atoms with Crippen molar-refractivity contribution in [2.24, 2.45) is 17.8 Å². The Balaban J connectivity index is 1.45. The van der Waals surface area contributed by atoms with E-state index in [-0.39, 0.29) is 0 Å². The zero-order chi connectivity index (χ0) is 13.5. The number of carbonyl (C=O) groups excluding carboxylic acids is 1. The molecule has 4 rings (SSSR count). The second-order valence-electron chi connectivity index (χ2n) is 7.13. The molecule has 0 bridgehead atoms. The number of hydrogen-bond donors (Lipinski definition) is 0. The van der Waals surface area contributed by atoms with E-state index in [1.54, 1.807) is 0 Å². The summed E-state index contributed by atoms with van der Waals surface area (Å²) in [7, 11) is 0. The topological polar surface area (TPSA) is 17.1 Å². The summed E-state index contributed by atoms with van der Waals surface area (Å²) < 4.78 is 0. The lowest BCUT2D eigenvalue weighted by atomic mass is 9.85. The van der Waals surface area contributed by atoms with Gasteiger partial charge in [-0.15, -0.1) is 0 Å². The molecule has 3 unspecified atom stereocenters. The molecule has 3 aliphatic carbocycles. The molecule has 0 spiro atoms. The van der Waals surface area contributed by atoms with Crippen molar-refractivity contribution < 1.29 is 4.79 Å². The maximum absolute atomic E-state index is 12.6. The molecule has 106 valence electrons. The van der Waals surface area contributed by atoms with E-state index in [0.29, 0.717) is 29.5 Å². The van der Waals surface area contributed by atoms with Crippen molar-refractivity contribution in [1.82, 2.24) is 0 Å². The summed E-state index contributed by atoms with van der Waals surface area (Å²) in [6.07, 6.45) is 9.96. The van der Waals surface area contributed by atoms with Crippen molar-refractivity contribution in [3.05, 3.63) is 35.4 Å². The summed E-state index contributed by atoms with van der Waals surface area (Å²) in [4.78, 5) is 12.6. The van der Waals surface area contributed by atoms with Crippen LogP contribution < -0.4 is 0 Å². The van der Waals surface area contributed by atoms with Crippen LogP contribution >= 0.6 is 0 Å². The third-order valence-electron chi connectivity index (χ3n) is 5.92. The highest BCUT2D eigenvalue weighted by atomic mass is 16.1. The van der Waals surface area contributed by atoms with Crippen molar-refractivity contribution in [1.29, 1.82) is 0 Å². The van der Waals surface area contributed by atoms with Crippen LogP contribution in [-0.4, -0.2) is 5.78 Å². The largest absolute Gasteiger partial charge is 0.299 e. The van der Waals surface area contributed by atoms with E-state index in [4.69, 9.17) is 0 Å². The molecule has 3 aliphatic rings. The number of aryl methyl sites for hydroxylation is 1. The minimum absolute atomic E-state index is 0.376. The molecule has 2 saturated carbocycles. The van der Waals surface area contributed by atoms with Gasteiger partial charge in [0.2, 0.25) is 0 Å². The van der Waals surface area contributed by atoms with Gasteiger partial charge in [0.1, 0.15) is 5.78 Å². The summed E-state index contributed by atoms with van der Waals surface area (Å²) in [6, 6.07) is 8.80. The molecule has 2 fully saturated rings. The van der Waals surface area contributed by atoms with Crippen LogP contribution in [0.15, 0.2) is 24.3 Å². The molecule has 0 aromatic heterocycles. The maximum atomic E-state index is 12.6. The molecule has 0 aliphatic heterocycles. The number of Topliss-reactive ketones (excluding diaryl/α,β-unsaturated/α-hetero) is 1. The molecule has 3 atom stereocenters. The van der Waals surface area contributed by atoms with Gasteiger partial charge in [-0.1, -0.05) is 56.4 Å². The van der Waals surface area contributed by atoms with Crippen LogP contribution in [0, 0.1) is 17.8 Å². The van der Waals surface area contributed by atoms with E-state index in [1.165, 1.54) is 56.1 Å². The van der Waals surface area contributed by atoms with Crippen LogP contribution in [0.2, 0.25) is 0 Å². The minimum Gasteiger partial charge on any atom is -0.299 e. The van der Waals surface area contributed by atoms with Gasteiger partial charge in [-0.25, -0.2) is 0 Å². The zero-order valence-electron chi connectivity index (χ0n) is 12.2. The predicted molar refractivity (Wildman–Crippen MR) is 80.7 cm³/mol. The van der Waals surface area contributed by atoms with Gasteiger partial charge >= 0.3 is 0 Å². The number of hydrogen-bond acceptors (Lipinski definition) is 1. The van der Waals surface area contributed by atoms with E-state index in [1.807, 2.05) is 0 Å². The minimum atomic E-state index is 0.376. The average Bonchev–Trinajstić information content (AvgIpc) is 3.23. The standard InChI is InChI=1S/C19H24O/c20-17(12-13-6-2-1-3-7-13)19-16-11-10-14-8-4-5-9-15(14)18(16)19/h4-5,8-9,13,16,18-19H,1-3,6-7,10-12H2. The summed E-state index contributed by atoms with van der Waals surface area (Å²) in [5.41, 5.74) is 2.99. The third kappa shape index (κ3) is 2.12. The SMILES string of the molecule is O=C(CC1CCCCC1)C1C2CCc3ccccc3C21. The highest BCUT2D eigenvalue weighted by molar-refractivity contribution is 5.86. The quantitative estimate of drug-likeness (QED) is 0.788. The van der Waals surface area contributed by atoms with E-state index in [2.05, 4.69) is 24.3 Å². The van der Waals surface area contributed by atoms with Crippen molar-refractivity contribution in [3.63, 3.8) is 0 Å². The lowest BCUT2D eigenvalue weighted by molar-refractivity contribution is -0.121. The normalized spacial score (nSPS) is 32.3. The Morgan fingerprint density at radius 1 is 1.05 bits per heavy atom. The van der Waals surface area contributed by atoms with Crippen LogP contribution in [0.1, 0.15) is 62.0 Å². The molecule has 0 heterocycles. The molecule has 1 aromatic carbocycles. The number of ketones is 1. The van der Waals surface area contributed by atoms with Gasteiger partial charge in [0.05, 0.1) is 0 Å². The Labute approximate surface area is 121 Å². The highest BCUT2D eigenvalue weighted by Crippen LogP contribution is 2.60. The maximum Gasteiger partial charge on any atom is 0.137 e. The zero-order valence-corrected chi connectivity index (χ0v) is 12.2. The van der Waals surface area contributed by atoms with Crippen LogP contribution in [0.3, 0.4) is 0 Å². The second-order valence-corrected chi connectivity index (χ2v) is 7.13. The summed E-state index contributed by atoms with van der Waals surface area (Å²) in [5, 5.41) is 0. The molecule has 0 saturated heterocycles. The molecule has 0 radical (unpaired) electrons. The Morgan fingerprint density at radius 2 is 1.85 bits per heavy atom. The first-order valence-electron chi connectivity index (χ1n) is 8.45. The van der Waals surface area contributed by atoms with Gasteiger partial charge in [-0.05, 0) is 41.7 Å². The lowest BCUT2D eigenvalue weighted by Crippen LogP contribution is -2.14. The first-order chi connectivity index (χ1) is 9.84. The van der Waals surface area contributed by atoms with E-state index >= 15 is 0 Å². The fourth-order valence-electron chi connectivity index (χ4n) is 4.82. The second kappa shape index (κ2) is 5.02. The Morgan fingerprint density at radius 3 is 2.70 bits per heavy atom. The smallest absolute Gasteiger partial charge is 0.137 e. The van der Waals surface area contributed by atoms with Gasteiger partial charge in [-0.3, -0.25) is 4.79 Å². The molecule has 0 amide bonds. The Kier molecular flexibility index (Phi) is 3.17. The van der Waals surface area contributed by atoms with Gasteiger partial charge in [0.25, 0.3) is 0 Å². The molecule has 20 heavy (non-hydrogen) atoms. The Hall–Kier alpha value is -1.11. The lowest BCUT2D eigenvalue weighted by Gasteiger charge is -2.20. The third-order valence-corrected chi connectivity index (χ3v) is 5.92. The molecule has 1 nitrogen and oxygen atoms in total. The summed E-state index contributed by atoms with van der Waals surface area (Å²) in [6.45, 7) is 0. The highest BCUT2D eigenvalue weighted by Gasteiger charge is 2.56. The van der Waals surface area contributed by atoms with Gasteiger partial charge < -0.3 is 0 Å². The number of rotatable bonds is 3. The van der Waals surface area contributed by atoms with E-state index in [9.17, 15) is 4.79 Å². The van der Waals surface area contributed by atoms with Gasteiger partial charge in [0.15, 0.2) is 0 Å². The predicted octanol–water partition coefficient (Wildman–Crippen LogP) is 4.50. The van der Waals surface area contributed by atoms with Crippen LogP contribution in [0.25, 0.3) is 0 Å². The van der Waals surface area contributed by atoms with Crippen molar-refractivity contribution in [2.75, 3.05) is 0 Å². The average molecular weight is 268 g/mol. The van der Waals surface area contributed by atoms with Crippen molar-refractivity contribution in [3.8, 4) is 0 Å². The summed E-state index contributed by atoms with van der Waals surface area (Å²) in [5.74, 6) is 2.93. The van der Waals surface area contributed by atoms with E-state index in [0.717, 1.165) is 6.42 Å². The Bertz CT molecular complexity index is 512. The molecular formula is C19H24O. The molecule has 0 N–H and O–H groups in total. The molecule has 1 aromatic rings. The molecular weight excluding hydrogens is 244 g/mol. The fourth-order valence-corrected chi connectivity index (χ4v) is 4.82. The first-order valence-corrected chi connectivity index (χ1v) is 8.45. The van der Waals surface area contributed by atoms with Crippen LogP contribution in [0.5, 0.6) is 0 Å². The van der Waals surface area contributed by atoms with Gasteiger partial charge in [0, 0.05) is 12.3 Å². The van der Waals surface area contributed by atoms with E-state index < -0.39 is 0 Å². The fraction of sp³-hybridized carbons (Fsp3) is 0.632. The number of fused-ring (bicyclic) bond motifs is 3. The van der Waals surface area contributed by atoms with Crippen LogP contribution in [0.4, 0.5) is 0 Å². The van der Waals surface area contributed by atoms with Crippen LogP contribution in [-0.2, 0) is 11.2 Å². The van der Waals surface area contributed by atoms with Crippen molar-refractivity contribution >= 4 is 5.78 Å². The first kappa shape index (κ1) is 12.6. The monoisotopic (exact) mass is 268 g/mol.